The van der Waals surface area contributed by atoms with Gasteiger partial charge in [-0.3, -0.25) is 0 Å². The van der Waals surface area contributed by atoms with Crippen molar-refractivity contribution in [2.75, 3.05) is 25.5 Å². The van der Waals surface area contributed by atoms with Gasteiger partial charge in [0.2, 0.25) is 0 Å². The second kappa shape index (κ2) is 8.83. The molecule has 0 saturated carbocycles. The predicted octanol–water partition coefficient (Wildman–Crippen LogP) is 2.24. The van der Waals surface area contributed by atoms with Gasteiger partial charge in [0, 0.05) is 25.4 Å². The third kappa shape index (κ3) is 6.45. The predicted molar refractivity (Wildman–Crippen MR) is 52.3 cm³/mol. The Labute approximate surface area is 80.1 Å². The smallest absolute Gasteiger partial charge is 0.0635 e. The number of alkyl halides is 1. The zero-order valence-electron chi connectivity index (χ0n) is 7.72. The Kier molecular flexibility index (Phi) is 8.64. The van der Waals surface area contributed by atoms with Crippen LogP contribution in [-0.2, 0) is 0 Å². The van der Waals surface area contributed by atoms with Crippen molar-refractivity contribution in [2.45, 2.75) is 26.2 Å². The lowest BCUT2D eigenvalue weighted by Gasteiger charge is -2.18. The highest BCUT2D eigenvalue weighted by molar-refractivity contribution is 6.18. The lowest BCUT2D eigenvalue weighted by Crippen LogP contribution is -2.27. The van der Waals surface area contributed by atoms with Crippen molar-refractivity contribution in [1.82, 2.24) is 4.90 Å². The molecule has 0 N–H and O–H groups in total. The molecule has 0 heterocycles. The van der Waals surface area contributed by atoms with E-state index in [1.54, 1.807) is 0 Å². The van der Waals surface area contributed by atoms with Crippen LogP contribution < -0.4 is 0 Å². The van der Waals surface area contributed by atoms with Gasteiger partial charge in [-0.1, -0.05) is 13.3 Å². The van der Waals surface area contributed by atoms with E-state index in [1.165, 1.54) is 12.8 Å². The van der Waals surface area contributed by atoms with E-state index in [0.29, 0.717) is 12.3 Å². The Morgan fingerprint density at radius 2 is 2.08 bits per heavy atom. The van der Waals surface area contributed by atoms with Crippen molar-refractivity contribution in [3.05, 3.63) is 0 Å². The number of rotatable bonds is 7. The second-order valence-corrected chi connectivity index (χ2v) is 3.17. The maximum Gasteiger partial charge on any atom is 0.0635 e. The summed E-state index contributed by atoms with van der Waals surface area (Å²) < 4.78 is 0. The lowest BCUT2D eigenvalue weighted by atomic mass is 10.3. The minimum Gasteiger partial charge on any atom is -0.301 e. The minimum absolute atomic E-state index is 0.612. The van der Waals surface area contributed by atoms with Gasteiger partial charge in [0.1, 0.15) is 0 Å². The third-order valence-electron chi connectivity index (χ3n) is 1.77. The van der Waals surface area contributed by atoms with Crippen molar-refractivity contribution in [2.24, 2.45) is 0 Å². The maximum absolute atomic E-state index is 8.40. The summed E-state index contributed by atoms with van der Waals surface area (Å²) in [7, 11) is 0. The second-order valence-electron chi connectivity index (χ2n) is 2.79. The van der Waals surface area contributed by atoms with Gasteiger partial charge in [0.25, 0.3) is 0 Å². The maximum atomic E-state index is 8.40. The van der Waals surface area contributed by atoms with Crippen molar-refractivity contribution < 1.29 is 0 Å². The first-order valence-electron chi connectivity index (χ1n) is 4.50. The van der Waals surface area contributed by atoms with E-state index in [4.69, 9.17) is 16.9 Å². The standard InChI is InChI=1S/C9H17ClN2/c1-2-3-7-12(9-5-10)8-4-6-11/h2-5,7-9H2,1H3. The average Bonchev–Trinajstić information content (AvgIpc) is 2.10. The summed E-state index contributed by atoms with van der Waals surface area (Å²) in [6.07, 6.45) is 3.01. The van der Waals surface area contributed by atoms with Gasteiger partial charge in [-0.15, -0.1) is 11.6 Å². The highest BCUT2D eigenvalue weighted by Gasteiger charge is 2.01. The van der Waals surface area contributed by atoms with Crippen LogP contribution >= 0.6 is 11.6 Å². The van der Waals surface area contributed by atoms with E-state index in [9.17, 15) is 0 Å². The molecule has 0 bridgehead atoms. The van der Waals surface area contributed by atoms with Gasteiger partial charge < -0.3 is 4.90 Å². The zero-order valence-corrected chi connectivity index (χ0v) is 8.48. The van der Waals surface area contributed by atoms with Crippen molar-refractivity contribution in [3.63, 3.8) is 0 Å². The summed E-state index contributed by atoms with van der Waals surface area (Å²) in [5.41, 5.74) is 0. The molecule has 0 aliphatic rings. The molecule has 12 heavy (non-hydrogen) atoms. The van der Waals surface area contributed by atoms with Crippen molar-refractivity contribution in [3.8, 4) is 6.07 Å². The van der Waals surface area contributed by atoms with Gasteiger partial charge in [0.05, 0.1) is 6.07 Å². The minimum atomic E-state index is 0.612. The molecule has 0 unspecified atom stereocenters. The Bertz CT molecular complexity index is 131. The van der Waals surface area contributed by atoms with Gasteiger partial charge in [-0.05, 0) is 13.0 Å². The van der Waals surface area contributed by atoms with Crippen LogP contribution in [0.2, 0.25) is 0 Å². The number of nitrogens with zero attached hydrogens (tertiary/aromatic N) is 2. The fraction of sp³-hybridized carbons (Fsp3) is 0.889. The number of halogens is 1. The van der Waals surface area contributed by atoms with Gasteiger partial charge >= 0.3 is 0 Å². The Balaban J connectivity index is 3.48. The van der Waals surface area contributed by atoms with E-state index in [0.717, 1.165) is 19.6 Å². The highest BCUT2D eigenvalue weighted by atomic mass is 35.5. The molecule has 0 rings (SSSR count). The van der Waals surface area contributed by atoms with Gasteiger partial charge in [-0.2, -0.15) is 5.26 Å². The molecule has 70 valence electrons. The topological polar surface area (TPSA) is 27.0 Å². The lowest BCUT2D eigenvalue weighted by molar-refractivity contribution is 0.291. The van der Waals surface area contributed by atoms with Crippen LogP contribution in [0.1, 0.15) is 26.2 Å². The molecule has 0 aromatic heterocycles. The normalized spacial score (nSPS) is 10.2. The van der Waals surface area contributed by atoms with Crippen LogP contribution in [0.5, 0.6) is 0 Å². The summed E-state index contributed by atoms with van der Waals surface area (Å²) >= 11 is 5.63. The molecule has 0 atom stereocenters. The van der Waals surface area contributed by atoms with E-state index < -0.39 is 0 Å². The number of hydrogen-bond donors (Lipinski definition) is 0. The third-order valence-corrected chi connectivity index (χ3v) is 1.94. The molecule has 0 saturated heterocycles. The number of nitriles is 1. The first-order valence-corrected chi connectivity index (χ1v) is 5.03. The molecule has 3 heteroatoms. The Morgan fingerprint density at radius 1 is 1.33 bits per heavy atom. The van der Waals surface area contributed by atoms with E-state index >= 15 is 0 Å². The number of unbranched alkanes of at least 4 members (excludes halogenated alkanes) is 1. The van der Waals surface area contributed by atoms with Crippen LogP contribution in [0, 0.1) is 11.3 Å². The van der Waals surface area contributed by atoms with Crippen molar-refractivity contribution in [1.29, 1.82) is 5.26 Å². The van der Waals surface area contributed by atoms with Crippen LogP contribution in [0.3, 0.4) is 0 Å². The van der Waals surface area contributed by atoms with E-state index in [2.05, 4.69) is 17.9 Å². The summed E-state index contributed by atoms with van der Waals surface area (Å²) in [6.45, 7) is 5.01. The molecule has 0 radical (unpaired) electrons. The molecule has 0 aliphatic carbocycles. The van der Waals surface area contributed by atoms with Crippen LogP contribution in [-0.4, -0.2) is 30.4 Å². The fourth-order valence-electron chi connectivity index (χ4n) is 1.04. The molecule has 2 nitrogen and oxygen atoms in total. The molecule has 0 aliphatic heterocycles. The van der Waals surface area contributed by atoms with Crippen LogP contribution in [0.4, 0.5) is 0 Å². The molecular weight excluding hydrogens is 172 g/mol. The Hall–Kier alpha value is -0.260. The monoisotopic (exact) mass is 188 g/mol. The molecule has 0 aromatic carbocycles. The Morgan fingerprint density at radius 3 is 2.58 bits per heavy atom. The first kappa shape index (κ1) is 11.7. The van der Waals surface area contributed by atoms with Crippen LogP contribution in [0.15, 0.2) is 0 Å². The van der Waals surface area contributed by atoms with E-state index in [1.807, 2.05) is 0 Å². The average molecular weight is 189 g/mol. The highest BCUT2D eigenvalue weighted by Crippen LogP contribution is 1.97. The molecule has 0 fully saturated rings. The largest absolute Gasteiger partial charge is 0.301 e. The van der Waals surface area contributed by atoms with Crippen LogP contribution in [0.25, 0.3) is 0 Å². The summed E-state index contributed by atoms with van der Waals surface area (Å²) in [4.78, 5) is 2.25. The molecule has 0 aromatic rings. The zero-order chi connectivity index (χ0) is 9.23. The SMILES string of the molecule is CCCCN(CCCl)CCC#N. The first-order chi connectivity index (χ1) is 5.85. The quantitative estimate of drug-likeness (QED) is 0.573. The summed E-state index contributed by atoms with van der Waals surface area (Å²) in [6, 6.07) is 2.15. The molecule has 0 amide bonds. The number of hydrogen-bond acceptors (Lipinski definition) is 2. The van der Waals surface area contributed by atoms with E-state index in [-0.39, 0.29) is 0 Å². The summed E-state index contributed by atoms with van der Waals surface area (Å²) in [5.74, 6) is 0.662. The fourth-order valence-corrected chi connectivity index (χ4v) is 1.28. The van der Waals surface area contributed by atoms with Gasteiger partial charge in [0.15, 0.2) is 0 Å². The molecule has 0 spiro atoms. The summed E-state index contributed by atoms with van der Waals surface area (Å²) in [5, 5.41) is 8.40. The van der Waals surface area contributed by atoms with Gasteiger partial charge in [-0.25, -0.2) is 0 Å². The van der Waals surface area contributed by atoms with Crippen molar-refractivity contribution >= 4 is 11.6 Å². The molecular formula is C9H17ClN2.